The number of amides is 1. The normalized spacial score (nSPS) is 21.2. The zero-order valence-corrected chi connectivity index (χ0v) is 21.0. The van der Waals surface area contributed by atoms with Crippen molar-refractivity contribution >= 4 is 45.6 Å². The number of hydrogen-bond acceptors (Lipinski definition) is 7. The van der Waals surface area contributed by atoms with E-state index in [9.17, 15) is 9.90 Å². The monoisotopic (exact) mass is 531 g/mol. The Labute approximate surface area is 216 Å². The third kappa shape index (κ3) is 4.27. The fourth-order valence-corrected chi connectivity index (χ4v) is 6.17. The minimum atomic E-state index is -0.574. The van der Waals surface area contributed by atoms with Gasteiger partial charge in [-0.2, -0.15) is 0 Å². The first-order chi connectivity index (χ1) is 16.9. The third-order valence-electron chi connectivity index (χ3n) is 6.94. The Balaban J connectivity index is 1.25. The van der Waals surface area contributed by atoms with E-state index < -0.39 is 5.41 Å². The number of thiazole rings is 1. The number of fused-ring (bicyclic) bond motifs is 1. The van der Waals surface area contributed by atoms with Crippen LogP contribution >= 0.6 is 34.5 Å². The number of aromatic nitrogens is 1. The minimum absolute atomic E-state index is 0.0695. The molecule has 2 aromatic carbocycles. The lowest BCUT2D eigenvalue weighted by Crippen LogP contribution is -2.28. The van der Waals surface area contributed by atoms with Gasteiger partial charge in [-0.15, -0.1) is 0 Å². The Hall–Kier alpha value is -2.36. The number of halogens is 2. The average molecular weight is 532 g/mol. The summed E-state index contributed by atoms with van der Waals surface area (Å²) in [5.74, 6) is 1.31. The molecular formula is C25H23Cl2N3O4S. The number of carbonyl (C=O) groups is 1. The first-order valence-corrected chi connectivity index (χ1v) is 13.0. The summed E-state index contributed by atoms with van der Waals surface area (Å²) >= 11 is 13.9. The molecule has 1 saturated heterocycles. The van der Waals surface area contributed by atoms with Crippen LogP contribution in [0.15, 0.2) is 42.6 Å². The topological polar surface area (TPSA) is 83.9 Å². The standard InChI is InChI=1S/C25H23Cl2N3O4S/c26-17-3-1-14(9-18(17)27)22(30-8-5-16(31)12-30)21-11-28-24(35-21)29-23(32)25(6-7-25)15-2-4-19-20(10-15)34-13-33-19/h1-4,9-11,16,22,31H,5-8,12-13H2,(H,28,29,32)/t16?,22-/m1/s1. The molecule has 182 valence electrons. The van der Waals surface area contributed by atoms with Gasteiger partial charge in [-0.1, -0.05) is 46.7 Å². The Morgan fingerprint density at radius 1 is 1.17 bits per heavy atom. The lowest BCUT2D eigenvalue weighted by atomic mass is 9.94. The lowest BCUT2D eigenvalue weighted by molar-refractivity contribution is -0.118. The maximum Gasteiger partial charge on any atom is 0.236 e. The molecule has 35 heavy (non-hydrogen) atoms. The van der Waals surface area contributed by atoms with Crippen molar-refractivity contribution in [1.82, 2.24) is 9.88 Å². The van der Waals surface area contributed by atoms with Gasteiger partial charge in [-0.3, -0.25) is 9.69 Å². The number of benzene rings is 2. The zero-order valence-electron chi connectivity index (χ0n) is 18.7. The Morgan fingerprint density at radius 3 is 2.74 bits per heavy atom. The molecule has 1 aliphatic carbocycles. The van der Waals surface area contributed by atoms with Crippen LogP contribution in [0.4, 0.5) is 5.13 Å². The predicted octanol–water partition coefficient (Wildman–Crippen LogP) is 5.00. The molecule has 0 radical (unpaired) electrons. The van der Waals surface area contributed by atoms with Crippen molar-refractivity contribution in [2.45, 2.75) is 36.8 Å². The third-order valence-corrected chi connectivity index (χ3v) is 8.65. The summed E-state index contributed by atoms with van der Waals surface area (Å²) in [6, 6.07) is 11.1. The van der Waals surface area contributed by atoms with Crippen LogP contribution in [-0.4, -0.2) is 46.9 Å². The Bertz CT molecular complexity index is 1300. The second-order valence-electron chi connectivity index (χ2n) is 9.19. The molecule has 2 N–H and O–H groups in total. The van der Waals surface area contributed by atoms with Crippen LogP contribution < -0.4 is 14.8 Å². The summed E-state index contributed by atoms with van der Waals surface area (Å²) in [7, 11) is 0. The SMILES string of the molecule is O=C(Nc1ncc([C@@H](c2ccc(Cl)c(Cl)c2)N2CCC(O)C2)s1)C1(c2ccc3c(c2)OCO3)CC1. The number of β-amino-alcohol motifs (C(OH)–C–C–N with tert-alkyl or cyclic N) is 1. The molecule has 0 bridgehead atoms. The fraction of sp³-hybridized carbons (Fsp3) is 0.360. The van der Waals surface area contributed by atoms with E-state index in [1.807, 2.05) is 30.3 Å². The van der Waals surface area contributed by atoms with E-state index in [-0.39, 0.29) is 24.8 Å². The van der Waals surface area contributed by atoms with E-state index in [0.29, 0.717) is 39.6 Å². The predicted molar refractivity (Wildman–Crippen MR) is 135 cm³/mol. The molecule has 1 saturated carbocycles. The molecule has 1 amide bonds. The van der Waals surface area contributed by atoms with Crippen molar-refractivity contribution in [2.75, 3.05) is 25.2 Å². The van der Waals surface area contributed by atoms with Crippen LogP contribution in [0.2, 0.25) is 10.0 Å². The highest BCUT2D eigenvalue weighted by atomic mass is 35.5. The number of nitrogens with one attached hydrogen (secondary N) is 1. The molecule has 3 aliphatic rings. The molecule has 10 heteroatoms. The highest BCUT2D eigenvalue weighted by Gasteiger charge is 2.52. The van der Waals surface area contributed by atoms with Gasteiger partial charge < -0.3 is 19.9 Å². The van der Waals surface area contributed by atoms with Gasteiger partial charge in [0.1, 0.15) is 0 Å². The molecule has 7 nitrogen and oxygen atoms in total. The van der Waals surface area contributed by atoms with Gasteiger partial charge in [0.15, 0.2) is 16.6 Å². The largest absolute Gasteiger partial charge is 0.454 e. The molecule has 2 atom stereocenters. The summed E-state index contributed by atoms with van der Waals surface area (Å²) < 4.78 is 10.9. The summed E-state index contributed by atoms with van der Waals surface area (Å²) in [6.45, 7) is 1.50. The second kappa shape index (κ2) is 8.94. The summed E-state index contributed by atoms with van der Waals surface area (Å²) in [6.07, 6.45) is 3.67. The van der Waals surface area contributed by atoms with E-state index in [2.05, 4.69) is 15.2 Å². The van der Waals surface area contributed by atoms with E-state index >= 15 is 0 Å². The van der Waals surface area contributed by atoms with E-state index in [4.69, 9.17) is 32.7 Å². The first-order valence-electron chi connectivity index (χ1n) is 11.5. The van der Waals surface area contributed by atoms with Crippen LogP contribution in [0, 0.1) is 0 Å². The van der Waals surface area contributed by atoms with Crippen LogP contribution in [0.25, 0.3) is 0 Å². The number of nitrogens with zero attached hydrogens (tertiary/aromatic N) is 2. The Kier molecular flexibility index (Phi) is 5.89. The van der Waals surface area contributed by atoms with Crippen molar-refractivity contribution in [1.29, 1.82) is 0 Å². The molecule has 0 spiro atoms. The van der Waals surface area contributed by atoms with E-state index in [1.165, 1.54) is 11.3 Å². The van der Waals surface area contributed by atoms with Gasteiger partial charge in [0.05, 0.1) is 27.6 Å². The van der Waals surface area contributed by atoms with Crippen molar-refractivity contribution in [3.8, 4) is 11.5 Å². The lowest BCUT2D eigenvalue weighted by Gasteiger charge is -2.27. The molecule has 3 heterocycles. The molecule has 3 aromatic rings. The number of hydrogen-bond donors (Lipinski definition) is 2. The maximum absolute atomic E-state index is 13.3. The van der Waals surface area contributed by atoms with Crippen LogP contribution in [0.5, 0.6) is 11.5 Å². The highest BCUT2D eigenvalue weighted by molar-refractivity contribution is 7.15. The second-order valence-corrected chi connectivity index (χ2v) is 11.1. The number of likely N-dealkylation sites (tertiary alicyclic amines) is 1. The van der Waals surface area contributed by atoms with E-state index in [0.717, 1.165) is 35.4 Å². The summed E-state index contributed by atoms with van der Waals surface area (Å²) in [5.41, 5.74) is 1.32. The van der Waals surface area contributed by atoms with Gasteiger partial charge in [0.2, 0.25) is 12.7 Å². The van der Waals surface area contributed by atoms with Gasteiger partial charge >= 0.3 is 0 Å². The van der Waals surface area contributed by atoms with Crippen molar-refractivity contribution < 1.29 is 19.4 Å². The number of anilines is 1. The van der Waals surface area contributed by atoms with Crippen LogP contribution in [0.1, 0.15) is 41.3 Å². The number of carbonyl (C=O) groups excluding carboxylic acids is 1. The summed E-state index contributed by atoms with van der Waals surface area (Å²) in [5, 5.41) is 14.7. The molecule has 1 aromatic heterocycles. The van der Waals surface area contributed by atoms with Crippen molar-refractivity contribution in [3.05, 3.63) is 68.6 Å². The Morgan fingerprint density at radius 2 is 2.00 bits per heavy atom. The highest BCUT2D eigenvalue weighted by Crippen LogP contribution is 2.51. The van der Waals surface area contributed by atoms with Gasteiger partial charge in [0, 0.05) is 24.2 Å². The van der Waals surface area contributed by atoms with Crippen LogP contribution in [-0.2, 0) is 10.2 Å². The zero-order chi connectivity index (χ0) is 24.2. The number of rotatable bonds is 6. The maximum atomic E-state index is 13.3. The number of aliphatic hydroxyl groups excluding tert-OH is 1. The fourth-order valence-electron chi connectivity index (χ4n) is 4.89. The van der Waals surface area contributed by atoms with Gasteiger partial charge in [-0.05, 0) is 54.7 Å². The van der Waals surface area contributed by atoms with Crippen LogP contribution in [0.3, 0.4) is 0 Å². The number of ether oxygens (including phenoxy) is 2. The molecule has 1 unspecified atom stereocenters. The molecular weight excluding hydrogens is 509 g/mol. The van der Waals surface area contributed by atoms with Crippen molar-refractivity contribution in [3.63, 3.8) is 0 Å². The first kappa shape index (κ1) is 23.1. The average Bonchev–Trinajstić information content (AvgIpc) is 3.13. The molecule has 2 fully saturated rings. The van der Waals surface area contributed by atoms with Gasteiger partial charge in [0.25, 0.3) is 0 Å². The summed E-state index contributed by atoms with van der Waals surface area (Å²) in [4.78, 5) is 21.0. The number of aliphatic hydroxyl groups is 1. The van der Waals surface area contributed by atoms with Crippen molar-refractivity contribution in [2.24, 2.45) is 0 Å². The van der Waals surface area contributed by atoms with E-state index in [1.54, 1.807) is 12.3 Å². The minimum Gasteiger partial charge on any atom is -0.454 e. The van der Waals surface area contributed by atoms with Gasteiger partial charge in [-0.25, -0.2) is 4.98 Å². The molecule has 6 rings (SSSR count). The molecule has 2 aliphatic heterocycles. The quantitative estimate of drug-likeness (QED) is 0.465. The smallest absolute Gasteiger partial charge is 0.236 e.